The molecule has 5 heteroatoms. The van der Waals surface area contributed by atoms with Gasteiger partial charge in [0, 0.05) is 31.6 Å². The number of nitrogens with zero attached hydrogens (tertiary/aromatic N) is 3. The van der Waals surface area contributed by atoms with Crippen molar-refractivity contribution in [3.8, 4) is 0 Å². The van der Waals surface area contributed by atoms with Crippen molar-refractivity contribution in [3.05, 3.63) is 30.0 Å². The number of benzene rings is 1. The van der Waals surface area contributed by atoms with Gasteiger partial charge in [-0.2, -0.15) is 5.10 Å². The molecule has 0 spiro atoms. The number of likely N-dealkylation sites (N-methyl/N-ethyl adjacent to an activating group) is 1. The van der Waals surface area contributed by atoms with E-state index in [1.807, 2.05) is 36.2 Å². The van der Waals surface area contributed by atoms with Crippen LogP contribution in [0.3, 0.4) is 0 Å². The van der Waals surface area contributed by atoms with Gasteiger partial charge < -0.3 is 10.2 Å². The monoisotopic (exact) mass is 286 g/mol. The number of aromatic nitrogens is 2. The molecule has 1 N–H and O–H groups in total. The summed E-state index contributed by atoms with van der Waals surface area (Å²) in [4.78, 5) is 14.7. The second-order valence-corrected chi connectivity index (χ2v) is 5.64. The smallest absolute Gasteiger partial charge is 0.275 e. The summed E-state index contributed by atoms with van der Waals surface area (Å²) in [5.74, 6) is 0.0504. The SMILES string of the molecule is CCNC1CCCN(C(=O)c2nn(C)c3ccccc23)C1. The second kappa shape index (κ2) is 5.85. The highest BCUT2D eigenvalue weighted by atomic mass is 16.2. The van der Waals surface area contributed by atoms with Crippen LogP contribution in [0.15, 0.2) is 24.3 Å². The fraction of sp³-hybridized carbons (Fsp3) is 0.500. The molecular formula is C16H22N4O. The molecule has 3 rings (SSSR count). The van der Waals surface area contributed by atoms with Crippen molar-refractivity contribution in [2.45, 2.75) is 25.8 Å². The molecule has 1 aliphatic heterocycles. The summed E-state index contributed by atoms with van der Waals surface area (Å²) < 4.78 is 1.79. The van der Waals surface area contributed by atoms with E-state index in [2.05, 4.69) is 17.3 Å². The van der Waals surface area contributed by atoms with Crippen molar-refractivity contribution < 1.29 is 4.79 Å². The molecule has 1 saturated heterocycles. The Balaban J connectivity index is 1.86. The van der Waals surface area contributed by atoms with Crippen LogP contribution in [0.5, 0.6) is 0 Å². The van der Waals surface area contributed by atoms with Gasteiger partial charge in [-0.25, -0.2) is 0 Å². The Kier molecular flexibility index (Phi) is 3.92. The van der Waals surface area contributed by atoms with E-state index in [-0.39, 0.29) is 5.91 Å². The molecule has 2 heterocycles. The van der Waals surface area contributed by atoms with Crippen LogP contribution in [0.25, 0.3) is 10.9 Å². The number of aryl methyl sites for hydroxylation is 1. The van der Waals surface area contributed by atoms with E-state index in [9.17, 15) is 4.79 Å². The molecule has 2 aromatic rings. The third-order valence-corrected chi connectivity index (χ3v) is 4.16. The quantitative estimate of drug-likeness (QED) is 0.936. The van der Waals surface area contributed by atoms with Crippen molar-refractivity contribution >= 4 is 16.8 Å². The first-order valence-corrected chi connectivity index (χ1v) is 7.65. The van der Waals surface area contributed by atoms with Gasteiger partial charge in [0.15, 0.2) is 5.69 Å². The summed E-state index contributed by atoms with van der Waals surface area (Å²) in [5, 5.41) is 8.82. The zero-order valence-corrected chi connectivity index (χ0v) is 12.7. The molecule has 0 radical (unpaired) electrons. The number of fused-ring (bicyclic) bond motifs is 1. The molecule has 21 heavy (non-hydrogen) atoms. The Morgan fingerprint density at radius 2 is 2.24 bits per heavy atom. The zero-order valence-electron chi connectivity index (χ0n) is 12.7. The number of rotatable bonds is 3. The van der Waals surface area contributed by atoms with E-state index in [0.717, 1.165) is 43.4 Å². The second-order valence-electron chi connectivity index (χ2n) is 5.64. The van der Waals surface area contributed by atoms with Gasteiger partial charge in [0.2, 0.25) is 0 Å². The lowest BCUT2D eigenvalue weighted by Crippen LogP contribution is -2.48. The van der Waals surface area contributed by atoms with Crippen LogP contribution < -0.4 is 5.32 Å². The fourth-order valence-corrected chi connectivity index (χ4v) is 3.14. The molecule has 1 fully saturated rings. The van der Waals surface area contributed by atoms with Crippen molar-refractivity contribution in [1.29, 1.82) is 0 Å². The zero-order chi connectivity index (χ0) is 14.8. The maximum absolute atomic E-state index is 12.8. The van der Waals surface area contributed by atoms with Crippen molar-refractivity contribution in [1.82, 2.24) is 20.0 Å². The maximum Gasteiger partial charge on any atom is 0.275 e. The largest absolute Gasteiger partial charge is 0.336 e. The van der Waals surface area contributed by atoms with Crippen LogP contribution in [0, 0.1) is 0 Å². The summed E-state index contributed by atoms with van der Waals surface area (Å²) >= 11 is 0. The lowest BCUT2D eigenvalue weighted by Gasteiger charge is -2.32. The van der Waals surface area contributed by atoms with Gasteiger partial charge in [0.25, 0.3) is 5.91 Å². The molecular weight excluding hydrogens is 264 g/mol. The van der Waals surface area contributed by atoms with Crippen molar-refractivity contribution in [2.24, 2.45) is 7.05 Å². The first-order valence-electron chi connectivity index (χ1n) is 7.65. The number of carbonyl (C=O) groups is 1. The van der Waals surface area contributed by atoms with E-state index in [0.29, 0.717) is 11.7 Å². The topological polar surface area (TPSA) is 50.2 Å². The number of para-hydroxylation sites is 1. The van der Waals surface area contributed by atoms with Crippen LogP contribution in [-0.4, -0.2) is 46.3 Å². The number of amides is 1. The standard InChI is InChI=1S/C16H22N4O/c1-3-17-12-7-6-10-20(11-12)16(21)15-13-8-4-5-9-14(13)19(2)18-15/h4-5,8-9,12,17H,3,6-7,10-11H2,1-2H3. The minimum atomic E-state index is 0.0504. The molecule has 1 atom stereocenters. The first-order chi connectivity index (χ1) is 10.2. The third-order valence-electron chi connectivity index (χ3n) is 4.16. The number of likely N-dealkylation sites (tertiary alicyclic amines) is 1. The highest BCUT2D eigenvalue weighted by Gasteiger charge is 2.26. The maximum atomic E-state index is 12.8. The molecule has 0 saturated carbocycles. The number of hydrogen-bond donors (Lipinski definition) is 1. The molecule has 5 nitrogen and oxygen atoms in total. The average molecular weight is 286 g/mol. The summed E-state index contributed by atoms with van der Waals surface area (Å²) in [5.41, 5.74) is 1.58. The van der Waals surface area contributed by atoms with Gasteiger partial charge in [-0.15, -0.1) is 0 Å². The Morgan fingerprint density at radius 1 is 1.43 bits per heavy atom. The van der Waals surface area contributed by atoms with Gasteiger partial charge in [-0.05, 0) is 25.5 Å². The van der Waals surface area contributed by atoms with E-state index in [1.165, 1.54) is 0 Å². The van der Waals surface area contributed by atoms with E-state index >= 15 is 0 Å². The minimum absolute atomic E-state index is 0.0504. The average Bonchev–Trinajstić information content (AvgIpc) is 2.85. The Labute approximate surface area is 124 Å². The van der Waals surface area contributed by atoms with Crippen LogP contribution in [0.4, 0.5) is 0 Å². The van der Waals surface area contributed by atoms with E-state index < -0.39 is 0 Å². The molecule has 0 bridgehead atoms. The summed E-state index contributed by atoms with van der Waals surface area (Å²) in [6.07, 6.45) is 2.19. The van der Waals surface area contributed by atoms with Gasteiger partial charge in [-0.3, -0.25) is 9.48 Å². The van der Waals surface area contributed by atoms with Gasteiger partial charge >= 0.3 is 0 Å². The normalized spacial score (nSPS) is 19.1. The van der Waals surface area contributed by atoms with Crippen molar-refractivity contribution in [2.75, 3.05) is 19.6 Å². The Bertz CT molecular complexity index is 647. The molecule has 0 aliphatic carbocycles. The molecule has 1 unspecified atom stereocenters. The van der Waals surface area contributed by atoms with Gasteiger partial charge in [-0.1, -0.05) is 25.1 Å². The van der Waals surface area contributed by atoms with Gasteiger partial charge in [0.1, 0.15) is 0 Å². The highest BCUT2D eigenvalue weighted by molar-refractivity contribution is 6.04. The number of nitrogens with one attached hydrogen (secondary N) is 1. The summed E-state index contributed by atoms with van der Waals surface area (Å²) in [7, 11) is 1.89. The molecule has 1 amide bonds. The molecule has 112 valence electrons. The highest BCUT2D eigenvalue weighted by Crippen LogP contribution is 2.20. The van der Waals surface area contributed by atoms with Crippen LogP contribution >= 0.6 is 0 Å². The van der Waals surface area contributed by atoms with Crippen LogP contribution in [0.2, 0.25) is 0 Å². The summed E-state index contributed by atoms with van der Waals surface area (Å²) in [6, 6.07) is 8.30. The van der Waals surface area contributed by atoms with E-state index in [4.69, 9.17) is 0 Å². The fourth-order valence-electron chi connectivity index (χ4n) is 3.14. The van der Waals surface area contributed by atoms with Crippen molar-refractivity contribution in [3.63, 3.8) is 0 Å². The van der Waals surface area contributed by atoms with E-state index in [1.54, 1.807) is 4.68 Å². The molecule has 1 aromatic carbocycles. The lowest BCUT2D eigenvalue weighted by molar-refractivity contribution is 0.0691. The Morgan fingerprint density at radius 3 is 3.05 bits per heavy atom. The minimum Gasteiger partial charge on any atom is -0.336 e. The lowest BCUT2D eigenvalue weighted by atomic mass is 10.0. The van der Waals surface area contributed by atoms with Crippen LogP contribution in [0.1, 0.15) is 30.3 Å². The predicted molar refractivity (Wildman–Crippen MR) is 83.3 cm³/mol. The summed E-state index contributed by atoms with van der Waals surface area (Å²) in [6.45, 7) is 4.65. The van der Waals surface area contributed by atoms with Gasteiger partial charge in [0.05, 0.1) is 5.52 Å². The predicted octanol–water partition coefficient (Wildman–Crippen LogP) is 1.79. The Hall–Kier alpha value is -1.88. The number of carbonyl (C=O) groups excluding carboxylic acids is 1. The molecule has 1 aromatic heterocycles. The number of hydrogen-bond acceptors (Lipinski definition) is 3. The van der Waals surface area contributed by atoms with Crippen LogP contribution in [-0.2, 0) is 7.05 Å². The molecule has 1 aliphatic rings. The first kappa shape index (κ1) is 14.1. The third kappa shape index (κ3) is 2.65. The number of piperidine rings is 1.